The van der Waals surface area contributed by atoms with Crippen LogP contribution in [0.3, 0.4) is 0 Å². The van der Waals surface area contributed by atoms with E-state index < -0.39 is 5.91 Å². The zero-order valence-electron chi connectivity index (χ0n) is 12.4. The summed E-state index contributed by atoms with van der Waals surface area (Å²) in [5.74, 6) is 0.0556. The Morgan fingerprint density at radius 2 is 1.78 bits per heavy atom. The van der Waals surface area contributed by atoms with E-state index in [4.69, 9.17) is 5.73 Å². The number of nitrogens with zero attached hydrogens (tertiary/aromatic N) is 1. The normalized spacial score (nSPS) is 19.7. The fraction of sp³-hybridized carbons (Fsp3) is 0.158. The Bertz CT molecular complexity index is 906. The molecule has 4 heteroatoms. The lowest BCUT2D eigenvalue weighted by Gasteiger charge is -2.07. The maximum Gasteiger partial charge on any atom is 0.252 e. The number of benzene rings is 2. The van der Waals surface area contributed by atoms with Crippen LogP contribution in [0.15, 0.2) is 54.6 Å². The zero-order valence-corrected chi connectivity index (χ0v) is 12.4. The number of rotatable bonds is 3. The van der Waals surface area contributed by atoms with Crippen LogP contribution in [0.1, 0.15) is 39.9 Å². The topological polar surface area (TPSA) is 76.2 Å². The number of hydrogen-bond acceptors (Lipinski definition) is 3. The van der Waals surface area contributed by atoms with Gasteiger partial charge in [0.15, 0.2) is 5.75 Å². The van der Waals surface area contributed by atoms with E-state index in [0.29, 0.717) is 17.4 Å². The third-order valence-electron chi connectivity index (χ3n) is 4.52. The maximum absolute atomic E-state index is 11.4. The Labute approximate surface area is 133 Å². The van der Waals surface area contributed by atoms with E-state index in [1.807, 2.05) is 30.3 Å². The molecule has 0 bridgehead atoms. The standard InChI is InChI=1S/C19H16N2O2/c20-19(23)13-8-6-12-7-9-16(21-17(12)18(13)22)15-10-14(15)11-4-2-1-3-5-11/h1-9,14-15,22H,10H2,(H2,20,23). The molecule has 4 nitrogen and oxygen atoms in total. The van der Waals surface area contributed by atoms with Crippen LogP contribution in [0.5, 0.6) is 5.75 Å². The van der Waals surface area contributed by atoms with Crippen molar-refractivity contribution in [2.24, 2.45) is 5.73 Å². The second-order valence-corrected chi connectivity index (χ2v) is 5.99. The first kappa shape index (κ1) is 13.8. The van der Waals surface area contributed by atoms with Crippen LogP contribution >= 0.6 is 0 Å². The highest BCUT2D eigenvalue weighted by molar-refractivity contribution is 6.01. The number of hydrogen-bond donors (Lipinski definition) is 2. The molecular formula is C19H16N2O2. The fourth-order valence-electron chi connectivity index (χ4n) is 3.18. The summed E-state index contributed by atoms with van der Waals surface area (Å²) in [6, 6.07) is 17.6. The van der Waals surface area contributed by atoms with Gasteiger partial charge in [0, 0.05) is 17.0 Å². The van der Waals surface area contributed by atoms with Crippen LogP contribution in [0.2, 0.25) is 0 Å². The van der Waals surface area contributed by atoms with Gasteiger partial charge in [-0.3, -0.25) is 4.79 Å². The van der Waals surface area contributed by atoms with Crippen LogP contribution in [-0.2, 0) is 0 Å². The van der Waals surface area contributed by atoms with Gasteiger partial charge in [0.1, 0.15) is 5.52 Å². The highest BCUT2D eigenvalue weighted by Gasteiger charge is 2.40. The number of carbonyl (C=O) groups is 1. The molecule has 1 fully saturated rings. The number of pyridine rings is 1. The number of nitrogens with two attached hydrogens (primary N) is 1. The highest BCUT2D eigenvalue weighted by Crippen LogP contribution is 2.54. The molecule has 23 heavy (non-hydrogen) atoms. The minimum atomic E-state index is -0.648. The van der Waals surface area contributed by atoms with Crippen LogP contribution in [0, 0.1) is 0 Å². The van der Waals surface area contributed by atoms with E-state index in [2.05, 4.69) is 17.1 Å². The molecule has 3 N–H and O–H groups in total. The average Bonchev–Trinajstić information content (AvgIpc) is 3.36. The minimum Gasteiger partial charge on any atom is -0.505 e. The van der Waals surface area contributed by atoms with Gasteiger partial charge in [-0.2, -0.15) is 0 Å². The number of fused-ring (bicyclic) bond motifs is 1. The van der Waals surface area contributed by atoms with Gasteiger partial charge in [-0.05, 0) is 30.0 Å². The number of primary amides is 1. The molecule has 0 saturated heterocycles. The van der Waals surface area contributed by atoms with E-state index >= 15 is 0 Å². The van der Waals surface area contributed by atoms with Crippen molar-refractivity contribution in [1.29, 1.82) is 0 Å². The average molecular weight is 304 g/mol. The Kier molecular flexibility index (Phi) is 3.05. The molecule has 114 valence electrons. The second kappa shape index (κ2) is 5.09. The molecule has 1 aliphatic rings. The summed E-state index contributed by atoms with van der Waals surface area (Å²) in [6.07, 6.45) is 1.05. The Hall–Kier alpha value is -2.88. The molecule has 1 heterocycles. The Morgan fingerprint density at radius 1 is 1.04 bits per heavy atom. The largest absolute Gasteiger partial charge is 0.505 e. The number of amides is 1. The molecule has 0 aliphatic heterocycles. The van der Waals surface area contributed by atoms with Crippen LogP contribution in [0.25, 0.3) is 10.9 Å². The molecule has 3 aromatic rings. The lowest BCUT2D eigenvalue weighted by molar-refractivity contribution is 0.0998. The van der Waals surface area contributed by atoms with E-state index in [0.717, 1.165) is 17.5 Å². The number of carbonyl (C=O) groups excluding carboxylic acids is 1. The molecule has 1 aliphatic carbocycles. The van der Waals surface area contributed by atoms with Crippen LogP contribution in [-0.4, -0.2) is 16.0 Å². The monoisotopic (exact) mass is 304 g/mol. The van der Waals surface area contributed by atoms with Crippen molar-refractivity contribution in [1.82, 2.24) is 4.98 Å². The number of phenols is 1. The molecule has 2 unspecified atom stereocenters. The van der Waals surface area contributed by atoms with Gasteiger partial charge in [-0.25, -0.2) is 4.98 Å². The quantitative estimate of drug-likeness (QED) is 0.779. The molecule has 0 radical (unpaired) electrons. The molecule has 2 atom stereocenters. The fourth-order valence-corrected chi connectivity index (χ4v) is 3.18. The highest BCUT2D eigenvalue weighted by atomic mass is 16.3. The van der Waals surface area contributed by atoms with Crippen molar-refractivity contribution in [3.05, 3.63) is 71.4 Å². The minimum absolute atomic E-state index is 0.109. The van der Waals surface area contributed by atoms with Crippen molar-refractivity contribution >= 4 is 16.8 Å². The van der Waals surface area contributed by atoms with Crippen LogP contribution < -0.4 is 5.73 Å². The molecule has 1 amide bonds. The van der Waals surface area contributed by atoms with E-state index in [-0.39, 0.29) is 11.3 Å². The predicted octanol–water partition coefficient (Wildman–Crippen LogP) is 3.31. The summed E-state index contributed by atoms with van der Waals surface area (Å²) in [6.45, 7) is 0. The van der Waals surface area contributed by atoms with Gasteiger partial charge in [-0.1, -0.05) is 42.5 Å². The number of aromatic nitrogens is 1. The van der Waals surface area contributed by atoms with Gasteiger partial charge in [-0.15, -0.1) is 0 Å². The van der Waals surface area contributed by atoms with Gasteiger partial charge in [0.25, 0.3) is 5.91 Å². The van der Waals surface area contributed by atoms with Crippen LogP contribution in [0.4, 0.5) is 0 Å². The molecule has 1 saturated carbocycles. The Morgan fingerprint density at radius 3 is 2.52 bits per heavy atom. The second-order valence-electron chi connectivity index (χ2n) is 5.99. The number of aromatic hydroxyl groups is 1. The first-order valence-corrected chi connectivity index (χ1v) is 7.62. The van der Waals surface area contributed by atoms with Gasteiger partial charge in [0.05, 0.1) is 5.56 Å². The Balaban J connectivity index is 1.72. The van der Waals surface area contributed by atoms with Crippen molar-refractivity contribution in [2.75, 3.05) is 0 Å². The van der Waals surface area contributed by atoms with E-state index in [1.54, 1.807) is 6.07 Å². The van der Waals surface area contributed by atoms with Crippen molar-refractivity contribution in [2.45, 2.75) is 18.3 Å². The predicted molar refractivity (Wildman–Crippen MR) is 88.5 cm³/mol. The first-order chi connectivity index (χ1) is 11.1. The molecular weight excluding hydrogens is 288 g/mol. The lowest BCUT2D eigenvalue weighted by Crippen LogP contribution is -2.11. The first-order valence-electron chi connectivity index (χ1n) is 7.62. The SMILES string of the molecule is NC(=O)c1ccc2ccc(C3CC3c3ccccc3)nc2c1O. The summed E-state index contributed by atoms with van der Waals surface area (Å²) >= 11 is 0. The zero-order chi connectivity index (χ0) is 16.0. The maximum atomic E-state index is 11.4. The van der Waals surface area contributed by atoms with Crippen molar-refractivity contribution in [3.63, 3.8) is 0 Å². The summed E-state index contributed by atoms with van der Waals surface area (Å²) in [4.78, 5) is 16.0. The molecule has 4 rings (SSSR count). The third-order valence-corrected chi connectivity index (χ3v) is 4.52. The summed E-state index contributed by atoms with van der Waals surface area (Å²) in [5, 5.41) is 11.1. The van der Waals surface area contributed by atoms with E-state index in [9.17, 15) is 9.90 Å². The van der Waals surface area contributed by atoms with Crippen molar-refractivity contribution in [3.8, 4) is 5.75 Å². The molecule has 1 aromatic heterocycles. The summed E-state index contributed by atoms with van der Waals surface area (Å²) < 4.78 is 0. The van der Waals surface area contributed by atoms with Gasteiger partial charge >= 0.3 is 0 Å². The summed E-state index contributed by atoms with van der Waals surface area (Å²) in [7, 11) is 0. The van der Waals surface area contributed by atoms with Gasteiger partial charge < -0.3 is 10.8 Å². The third kappa shape index (κ3) is 2.32. The molecule has 0 spiro atoms. The lowest BCUT2D eigenvalue weighted by atomic mass is 10.1. The smallest absolute Gasteiger partial charge is 0.252 e. The van der Waals surface area contributed by atoms with E-state index in [1.165, 1.54) is 11.6 Å². The summed E-state index contributed by atoms with van der Waals surface area (Å²) in [5.41, 5.74) is 8.10. The molecule has 2 aromatic carbocycles. The van der Waals surface area contributed by atoms with Crippen molar-refractivity contribution < 1.29 is 9.90 Å². The van der Waals surface area contributed by atoms with Gasteiger partial charge in [0.2, 0.25) is 0 Å².